The summed E-state index contributed by atoms with van der Waals surface area (Å²) in [5.74, 6) is -0.217. The first kappa shape index (κ1) is 13.0. The van der Waals surface area contributed by atoms with E-state index < -0.39 is 24.1 Å². The first-order chi connectivity index (χ1) is 8.66. The molecule has 1 saturated heterocycles. The van der Waals surface area contributed by atoms with Gasteiger partial charge in [-0.15, -0.1) is 11.8 Å². The Morgan fingerprint density at radius 2 is 1.83 bits per heavy atom. The van der Waals surface area contributed by atoms with E-state index in [-0.39, 0.29) is 0 Å². The van der Waals surface area contributed by atoms with Gasteiger partial charge in [0.1, 0.15) is 0 Å². The van der Waals surface area contributed by atoms with Crippen molar-refractivity contribution in [3.8, 4) is 0 Å². The summed E-state index contributed by atoms with van der Waals surface area (Å²) in [5, 5.41) is 0. The van der Waals surface area contributed by atoms with Crippen LogP contribution in [0.25, 0.3) is 0 Å². The normalized spacial score (nSPS) is 23.4. The van der Waals surface area contributed by atoms with E-state index in [1.54, 1.807) is 11.8 Å². The Morgan fingerprint density at radius 3 is 2.56 bits per heavy atom. The smallest absolute Gasteiger partial charge is 0.348 e. The number of benzene rings is 1. The van der Waals surface area contributed by atoms with E-state index in [0.717, 1.165) is 4.90 Å². The van der Waals surface area contributed by atoms with Crippen molar-refractivity contribution in [2.24, 2.45) is 0 Å². The number of hydrogen-bond acceptors (Lipinski definition) is 5. The molecule has 1 aliphatic heterocycles. The molecule has 1 fully saturated rings. The van der Waals surface area contributed by atoms with Crippen LogP contribution >= 0.6 is 11.8 Å². The molecule has 1 heterocycles. The summed E-state index contributed by atoms with van der Waals surface area (Å²) in [7, 11) is 0. The molecule has 1 aliphatic rings. The number of rotatable bonds is 4. The van der Waals surface area contributed by atoms with Crippen LogP contribution in [0.2, 0.25) is 0 Å². The first-order valence-electron chi connectivity index (χ1n) is 5.75. The van der Waals surface area contributed by atoms with Crippen molar-refractivity contribution in [1.29, 1.82) is 0 Å². The van der Waals surface area contributed by atoms with Gasteiger partial charge < -0.3 is 9.47 Å². The van der Waals surface area contributed by atoms with Gasteiger partial charge in [0.15, 0.2) is 12.2 Å². The van der Waals surface area contributed by atoms with Gasteiger partial charge in [-0.25, -0.2) is 9.59 Å². The molecule has 0 N–H and O–H groups in total. The Kier molecular flexibility index (Phi) is 4.25. The molecule has 0 aliphatic carbocycles. The molecule has 2 unspecified atom stereocenters. The molecule has 18 heavy (non-hydrogen) atoms. The number of hydrogen-bond donors (Lipinski definition) is 0. The van der Waals surface area contributed by atoms with Crippen molar-refractivity contribution >= 4 is 23.7 Å². The molecule has 96 valence electrons. The monoisotopic (exact) mass is 266 g/mol. The third-order valence-corrected chi connectivity index (χ3v) is 3.58. The van der Waals surface area contributed by atoms with Gasteiger partial charge in [0.2, 0.25) is 0 Å². The van der Waals surface area contributed by atoms with E-state index in [4.69, 9.17) is 9.47 Å². The van der Waals surface area contributed by atoms with E-state index in [1.165, 1.54) is 6.92 Å². The highest BCUT2D eigenvalue weighted by Crippen LogP contribution is 2.21. The second-order valence-corrected chi connectivity index (χ2v) is 5.12. The molecule has 5 heteroatoms. The maximum atomic E-state index is 11.5. The maximum absolute atomic E-state index is 11.5. The van der Waals surface area contributed by atoms with Crippen molar-refractivity contribution in [3.05, 3.63) is 30.3 Å². The van der Waals surface area contributed by atoms with E-state index >= 15 is 0 Å². The van der Waals surface area contributed by atoms with Crippen molar-refractivity contribution in [3.63, 3.8) is 0 Å². The highest BCUT2D eigenvalue weighted by Gasteiger charge is 2.35. The van der Waals surface area contributed by atoms with Gasteiger partial charge >= 0.3 is 11.9 Å². The van der Waals surface area contributed by atoms with Crippen LogP contribution in [0, 0.1) is 0 Å². The number of carbonyl (C=O) groups is 2. The minimum Gasteiger partial charge on any atom is -0.448 e. The van der Waals surface area contributed by atoms with Crippen LogP contribution in [0.4, 0.5) is 0 Å². The topological polar surface area (TPSA) is 52.6 Å². The van der Waals surface area contributed by atoms with Crippen LogP contribution < -0.4 is 0 Å². The average molecular weight is 266 g/mol. The third kappa shape index (κ3) is 3.26. The fourth-order valence-electron chi connectivity index (χ4n) is 1.56. The molecule has 0 spiro atoms. The highest BCUT2D eigenvalue weighted by atomic mass is 32.2. The summed E-state index contributed by atoms with van der Waals surface area (Å²) in [6.07, 6.45) is -1.07. The SMILES string of the molecule is CC1OC(=O)C(CCSc2ccccc2)OC1=O. The van der Waals surface area contributed by atoms with Crippen molar-refractivity contribution in [2.75, 3.05) is 5.75 Å². The molecular weight excluding hydrogens is 252 g/mol. The minimum atomic E-state index is -0.782. The van der Waals surface area contributed by atoms with E-state index in [0.29, 0.717) is 12.2 Å². The molecule has 1 aromatic rings. The second kappa shape index (κ2) is 5.91. The van der Waals surface area contributed by atoms with Crippen LogP contribution in [0.1, 0.15) is 13.3 Å². The molecule has 2 rings (SSSR count). The lowest BCUT2D eigenvalue weighted by Crippen LogP contribution is -2.42. The van der Waals surface area contributed by atoms with Crippen LogP contribution in [0.15, 0.2) is 35.2 Å². The average Bonchev–Trinajstić information content (AvgIpc) is 2.37. The second-order valence-electron chi connectivity index (χ2n) is 3.95. The summed E-state index contributed by atoms with van der Waals surface area (Å²) in [4.78, 5) is 23.9. The standard InChI is InChI=1S/C13H14O4S/c1-9-12(14)17-11(13(15)16-9)7-8-18-10-5-3-2-4-6-10/h2-6,9,11H,7-8H2,1H3. The first-order valence-corrected chi connectivity index (χ1v) is 6.74. The predicted molar refractivity (Wildman–Crippen MR) is 67.2 cm³/mol. The molecule has 0 bridgehead atoms. The summed E-state index contributed by atoms with van der Waals surface area (Å²) in [5.41, 5.74) is 0. The molecule has 0 aromatic heterocycles. The molecule has 0 saturated carbocycles. The number of carbonyl (C=O) groups excluding carboxylic acids is 2. The number of thioether (sulfide) groups is 1. The van der Waals surface area contributed by atoms with Crippen LogP contribution in [-0.4, -0.2) is 29.9 Å². The van der Waals surface area contributed by atoms with E-state index in [1.807, 2.05) is 30.3 Å². The Labute approximate surface area is 110 Å². The lowest BCUT2D eigenvalue weighted by Gasteiger charge is -2.25. The number of cyclic esters (lactones) is 2. The number of ether oxygens (including phenoxy) is 2. The predicted octanol–water partition coefficient (Wildman–Crippen LogP) is 2.03. The zero-order valence-corrected chi connectivity index (χ0v) is 10.8. The lowest BCUT2D eigenvalue weighted by molar-refractivity contribution is -0.193. The fraction of sp³-hybridized carbons (Fsp3) is 0.385. The Morgan fingerprint density at radius 1 is 1.11 bits per heavy atom. The van der Waals surface area contributed by atoms with E-state index in [2.05, 4.69) is 0 Å². The molecule has 4 nitrogen and oxygen atoms in total. The van der Waals surface area contributed by atoms with Crippen molar-refractivity contribution < 1.29 is 19.1 Å². The van der Waals surface area contributed by atoms with Crippen LogP contribution in [0.5, 0.6) is 0 Å². The molecule has 1 aromatic carbocycles. The van der Waals surface area contributed by atoms with Gasteiger partial charge in [0.05, 0.1) is 0 Å². The van der Waals surface area contributed by atoms with Crippen LogP contribution in [-0.2, 0) is 19.1 Å². The molecular formula is C13H14O4S. The van der Waals surface area contributed by atoms with Gasteiger partial charge in [-0.05, 0) is 19.1 Å². The maximum Gasteiger partial charge on any atom is 0.348 e. The summed E-state index contributed by atoms with van der Waals surface area (Å²) in [6, 6.07) is 9.86. The zero-order chi connectivity index (χ0) is 13.0. The molecule has 0 radical (unpaired) electrons. The van der Waals surface area contributed by atoms with Crippen molar-refractivity contribution in [1.82, 2.24) is 0 Å². The van der Waals surface area contributed by atoms with E-state index in [9.17, 15) is 9.59 Å². The quantitative estimate of drug-likeness (QED) is 0.616. The minimum absolute atomic E-state index is 0.448. The van der Waals surface area contributed by atoms with Gasteiger partial charge in [-0.1, -0.05) is 18.2 Å². The number of esters is 2. The summed E-state index contributed by atoms with van der Waals surface area (Å²) >= 11 is 1.62. The molecule has 2 atom stereocenters. The highest BCUT2D eigenvalue weighted by molar-refractivity contribution is 7.99. The molecule has 0 amide bonds. The zero-order valence-electron chi connectivity index (χ0n) is 10.00. The largest absolute Gasteiger partial charge is 0.448 e. The van der Waals surface area contributed by atoms with Gasteiger partial charge in [0.25, 0.3) is 0 Å². The Bertz CT molecular complexity index is 432. The van der Waals surface area contributed by atoms with Crippen molar-refractivity contribution in [2.45, 2.75) is 30.4 Å². The Balaban J connectivity index is 1.80. The van der Waals surface area contributed by atoms with Gasteiger partial charge in [-0.2, -0.15) is 0 Å². The summed E-state index contributed by atoms with van der Waals surface area (Å²) < 4.78 is 9.91. The Hall–Kier alpha value is -1.49. The summed E-state index contributed by atoms with van der Waals surface area (Å²) in [6.45, 7) is 1.51. The third-order valence-electron chi connectivity index (χ3n) is 2.54. The van der Waals surface area contributed by atoms with Crippen LogP contribution in [0.3, 0.4) is 0 Å². The van der Waals surface area contributed by atoms with Gasteiger partial charge in [-0.3, -0.25) is 0 Å². The van der Waals surface area contributed by atoms with Gasteiger partial charge in [0, 0.05) is 17.1 Å². The fourth-order valence-corrected chi connectivity index (χ4v) is 2.48. The lowest BCUT2D eigenvalue weighted by atomic mass is 10.2.